The second-order valence-electron chi connectivity index (χ2n) is 3.93. The zero-order chi connectivity index (χ0) is 15.0. The number of amides is 1. The first-order chi connectivity index (χ1) is 9.62. The summed E-state index contributed by atoms with van der Waals surface area (Å²) in [5.41, 5.74) is 0. The largest absolute Gasteiger partial charge is 0.468 e. The van der Waals surface area contributed by atoms with E-state index >= 15 is 0 Å². The van der Waals surface area contributed by atoms with Crippen molar-refractivity contribution < 1.29 is 19.4 Å². The van der Waals surface area contributed by atoms with Crippen LogP contribution in [-0.4, -0.2) is 48.7 Å². The van der Waals surface area contributed by atoms with Crippen LogP contribution >= 0.6 is 11.3 Å². The fourth-order valence-corrected chi connectivity index (χ4v) is 2.39. The summed E-state index contributed by atoms with van der Waals surface area (Å²) in [6, 6.07) is 3.40. The number of nitrogens with zero attached hydrogens (tertiary/aromatic N) is 1. The highest BCUT2D eigenvalue weighted by Crippen LogP contribution is 2.17. The van der Waals surface area contributed by atoms with Gasteiger partial charge in [-0.2, -0.15) is 0 Å². The topological polar surface area (TPSA) is 66.8 Å². The summed E-state index contributed by atoms with van der Waals surface area (Å²) in [6.45, 7) is 2.15. The summed E-state index contributed by atoms with van der Waals surface area (Å²) < 4.78 is 4.59. The van der Waals surface area contributed by atoms with E-state index in [-0.39, 0.29) is 19.1 Å². The highest BCUT2D eigenvalue weighted by molar-refractivity contribution is 7.14. The molecule has 0 saturated heterocycles. The molecule has 0 spiro atoms. The van der Waals surface area contributed by atoms with Crippen molar-refractivity contribution in [3.05, 3.63) is 21.9 Å². The number of hydrogen-bond donors (Lipinski definition) is 1. The Bertz CT molecular complexity index is 527. The second-order valence-corrected chi connectivity index (χ2v) is 5.01. The lowest BCUT2D eigenvalue weighted by molar-refractivity contribution is -0.141. The third-order valence-electron chi connectivity index (χ3n) is 2.44. The van der Waals surface area contributed by atoms with Gasteiger partial charge in [0.05, 0.1) is 16.9 Å². The van der Waals surface area contributed by atoms with Crippen molar-refractivity contribution in [2.24, 2.45) is 0 Å². The van der Waals surface area contributed by atoms with Crippen molar-refractivity contribution >= 4 is 23.2 Å². The minimum absolute atomic E-state index is 0.0568. The Labute approximate surface area is 122 Å². The van der Waals surface area contributed by atoms with Gasteiger partial charge in [-0.3, -0.25) is 9.59 Å². The summed E-state index contributed by atoms with van der Waals surface area (Å²) in [5.74, 6) is 4.63. The van der Waals surface area contributed by atoms with Gasteiger partial charge in [0.2, 0.25) is 0 Å². The lowest BCUT2D eigenvalue weighted by Gasteiger charge is -2.19. The molecule has 20 heavy (non-hydrogen) atoms. The minimum atomic E-state index is -0.441. The minimum Gasteiger partial charge on any atom is -0.468 e. The molecular formula is C14H17NO4S. The smallest absolute Gasteiger partial charge is 0.325 e. The first-order valence-electron chi connectivity index (χ1n) is 6.18. The number of thiophene rings is 1. The Morgan fingerprint density at radius 1 is 1.45 bits per heavy atom. The zero-order valence-electron chi connectivity index (χ0n) is 11.5. The van der Waals surface area contributed by atoms with Crippen molar-refractivity contribution in [2.75, 3.05) is 26.8 Å². The molecule has 0 aromatic carbocycles. The van der Waals surface area contributed by atoms with E-state index < -0.39 is 5.97 Å². The second kappa shape index (κ2) is 8.35. The van der Waals surface area contributed by atoms with Crippen molar-refractivity contribution in [3.8, 4) is 11.8 Å². The van der Waals surface area contributed by atoms with E-state index in [1.165, 1.54) is 23.3 Å². The van der Waals surface area contributed by atoms with Crippen LogP contribution in [0.25, 0.3) is 0 Å². The number of methoxy groups -OCH3 is 1. The summed E-state index contributed by atoms with van der Waals surface area (Å²) in [4.78, 5) is 26.3. The van der Waals surface area contributed by atoms with Gasteiger partial charge in [0, 0.05) is 6.54 Å². The first-order valence-corrected chi connectivity index (χ1v) is 6.99. The molecule has 1 amide bonds. The number of hydrogen-bond acceptors (Lipinski definition) is 5. The van der Waals surface area contributed by atoms with E-state index in [2.05, 4.69) is 16.6 Å². The van der Waals surface area contributed by atoms with E-state index in [1.807, 2.05) is 6.92 Å². The lowest BCUT2D eigenvalue weighted by atomic mass is 10.3. The molecule has 0 unspecified atom stereocenters. The molecule has 1 aromatic heterocycles. The maximum atomic E-state index is 12.3. The van der Waals surface area contributed by atoms with Crippen LogP contribution < -0.4 is 0 Å². The molecule has 0 aliphatic carbocycles. The number of esters is 1. The molecule has 0 atom stereocenters. The van der Waals surface area contributed by atoms with Crippen molar-refractivity contribution in [1.82, 2.24) is 4.90 Å². The molecule has 0 saturated carbocycles. The van der Waals surface area contributed by atoms with Gasteiger partial charge >= 0.3 is 5.97 Å². The quantitative estimate of drug-likeness (QED) is 0.653. The normalized spacial score (nSPS) is 9.55. The number of carbonyl (C=O) groups is 2. The fraction of sp³-hybridized carbons (Fsp3) is 0.429. The number of aliphatic hydroxyl groups is 1. The standard InChI is InChI=1S/C14H17NO4S/c1-3-8-15(10-13(17)19-2)14(18)12-7-6-11(20-12)5-4-9-16/h6-7,16H,3,8-10H2,1-2H3. The molecule has 1 heterocycles. The number of rotatable bonds is 5. The Morgan fingerprint density at radius 3 is 2.80 bits per heavy atom. The molecule has 0 bridgehead atoms. The Hall–Kier alpha value is -1.84. The SMILES string of the molecule is CCCN(CC(=O)OC)C(=O)c1ccc(C#CCO)s1. The van der Waals surface area contributed by atoms with Crippen molar-refractivity contribution in [3.63, 3.8) is 0 Å². The molecule has 1 aromatic rings. The third kappa shape index (κ3) is 4.68. The molecule has 0 aliphatic heterocycles. The van der Waals surface area contributed by atoms with E-state index in [4.69, 9.17) is 5.11 Å². The van der Waals surface area contributed by atoms with Gasteiger partial charge < -0.3 is 14.7 Å². The molecule has 0 aliphatic rings. The van der Waals surface area contributed by atoms with Gasteiger partial charge in [-0.25, -0.2) is 0 Å². The van der Waals surface area contributed by atoms with Crippen LogP contribution in [0.2, 0.25) is 0 Å². The van der Waals surface area contributed by atoms with Crippen LogP contribution in [0, 0.1) is 11.8 Å². The van der Waals surface area contributed by atoms with Crippen LogP contribution in [0.4, 0.5) is 0 Å². The van der Waals surface area contributed by atoms with Crippen molar-refractivity contribution in [1.29, 1.82) is 0 Å². The molecule has 6 heteroatoms. The van der Waals surface area contributed by atoms with E-state index in [9.17, 15) is 9.59 Å². The molecule has 1 N–H and O–H groups in total. The number of carbonyl (C=O) groups excluding carboxylic acids is 2. The fourth-order valence-electron chi connectivity index (χ4n) is 1.55. The highest BCUT2D eigenvalue weighted by atomic mass is 32.1. The first kappa shape index (κ1) is 16.2. The summed E-state index contributed by atoms with van der Waals surface area (Å²) in [6.07, 6.45) is 0.755. The molecule has 0 radical (unpaired) electrons. The average Bonchev–Trinajstić information content (AvgIpc) is 2.92. The van der Waals surface area contributed by atoms with Gasteiger partial charge in [-0.1, -0.05) is 18.8 Å². The third-order valence-corrected chi connectivity index (χ3v) is 3.42. The van der Waals surface area contributed by atoms with E-state index in [0.29, 0.717) is 16.3 Å². The van der Waals surface area contributed by atoms with Gasteiger partial charge in [0.15, 0.2) is 0 Å². The van der Waals surface area contributed by atoms with Gasteiger partial charge in [0.25, 0.3) is 5.91 Å². The number of ether oxygens (including phenoxy) is 1. The molecular weight excluding hydrogens is 278 g/mol. The van der Waals surface area contributed by atoms with Crippen molar-refractivity contribution in [2.45, 2.75) is 13.3 Å². The summed E-state index contributed by atoms with van der Waals surface area (Å²) >= 11 is 1.24. The summed E-state index contributed by atoms with van der Waals surface area (Å²) in [7, 11) is 1.30. The molecule has 5 nitrogen and oxygen atoms in total. The van der Waals surface area contributed by atoms with Gasteiger partial charge in [-0.15, -0.1) is 11.3 Å². The Morgan fingerprint density at radius 2 is 2.20 bits per heavy atom. The monoisotopic (exact) mass is 295 g/mol. The van der Waals surface area contributed by atoms with Crippen LogP contribution in [0.15, 0.2) is 12.1 Å². The molecule has 1 rings (SSSR count). The predicted molar refractivity (Wildman–Crippen MR) is 76.5 cm³/mol. The van der Waals surface area contributed by atoms with E-state index in [1.54, 1.807) is 12.1 Å². The van der Waals surface area contributed by atoms with Crippen LogP contribution in [0.3, 0.4) is 0 Å². The zero-order valence-corrected chi connectivity index (χ0v) is 12.3. The van der Waals surface area contributed by atoms with Crippen LogP contribution in [0.5, 0.6) is 0 Å². The van der Waals surface area contributed by atoms with Gasteiger partial charge in [0.1, 0.15) is 13.2 Å². The van der Waals surface area contributed by atoms with Crippen LogP contribution in [0.1, 0.15) is 27.9 Å². The highest BCUT2D eigenvalue weighted by Gasteiger charge is 2.19. The average molecular weight is 295 g/mol. The van der Waals surface area contributed by atoms with Crippen LogP contribution in [-0.2, 0) is 9.53 Å². The van der Waals surface area contributed by atoms with E-state index in [0.717, 1.165) is 6.42 Å². The van der Waals surface area contributed by atoms with Gasteiger partial charge in [-0.05, 0) is 18.6 Å². The Balaban J connectivity index is 2.83. The predicted octanol–water partition coefficient (Wildman–Crippen LogP) is 1.12. The molecule has 108 valence electrons. The summed E-state index contributed by atoms with van der Waals surface area (Å²) in [5, 5.41) is 8.63. The number of aliphatic hydroxyl groups excluding tert-OH is 1. The Kier molecular flexibility index (Phi) is 6.77. The lowest BCUT2D eigenvalue weighted by Crippen LogP contribution is -2.36. The maximum Gasteiger partial charge on any atom is 0.325 e. The maximum absolute atomic E-state index is 12.3. The molecule has 0 fully saturated rings.